The van der Waals surface area contributed by atoms with Crippen LogP contribution in [0.15, 0.2) is 11.0 Å². The zero-order valence-electron chi connectivity index (χ0n) is 6.47. The van der Waals surface area contributed by atoms with Gasteiger partial charge in [0, 0.05) is 0 Å². The number of carbonyl (C=O) groups is 1. The molecule has 0 saturated carbocycles. The first-order valence-electron chi connectivity index (χ1n) is 3.55. The maximum absolute atomic E-state index is 10.8. The molecular formula is C7H8Cl2O3. The number of rotatable bonds is 3. The molecule has 1 heterocycles. The zero-order chi connectivity index (χ0) is 9.14. The van der Waals surface area contributed by atoms with E-state index in [0.29, 0.717) is 6.61 Å². The molecule has 3 nitrogen and oxygen atoms in total. The van der Waals surface area contributed by atoms with Gasteiger partial charge in [-0.1, -0.05) is 18.5 Å². The molecule has 0 N–H and O–H groups in total. The Hall–Kier alpha value is -0.410. The molecule has 1 aliphatic heterocycles. The van der Waals surface area contributed by atoms with Gasteiger partial charge in [-0.15, -0.1) is 11.6 Å². The average molecular weight is 211 g/mol. The van der Waals surface area contributed by atoms with Crippen molar-refractivity contribution in [1.82, 2.24) is 0 Å². The van der Waals surface area contributed by atoms with E-state index in [1.54, 1.807) is 0 Å². The molecule has 0 aromatic carbocycles. The van der Waals surface area contributed by atoms with Crippen LogP contribution in [0.1, 0.15) is 13.3 Å². The molecule has 1 unspecified atom stereocenters. The normalized spacial score (nSPS) is 22.9. The molecule has 0 aliphatic carbocycles. The number of ether oxygens (including phenoxy) is 2. The third kappa shape index (κ3) is 1.84. The Kier molecular flexibility index (Phi) is 3.23. The molecule has 0 aromatic heterocycles. The topological polar surface area (TPSA) is 35.5 Å². The third-order valence-corrected chi connectivity index (χ3v) is 2.14. The summed E-state index contributed by atoms with van der Waals surface area (Å²) in [5.41, 5.74) is 0. The lowest BCUT2D eigenvalue weighted by molar-refractivity contribution is -0.140. The maximum atomic E-state index is 10.8. The minimum atomic E-state index is -0.904. The highest BCUT2D eigenvalue weighted by molar-refractivity contribution is 6.44. The van der Waals surface area contributed by atoms with E-state index in [0.717, 1.165) is 6.42 Å². The van der Waals surface area contributed by atoms with Gasteiger partial charge < -0.3 is 9.47 Å². The van der Waals surface area contributed by atoms with Gasteiger partial charge >= 0.3 is 11.9 Å². The lowest BCUT2D eigenvalue weighted by Crippen LogP contribution is -2.08. The van der Waals surface area contributed by atoms with Crippen molar-refractivity contribution < 1.29 is 14.3 Å². The molecule has 1 atom stereocenters. The Morgan fingerprint density at radius 2 is 2.33 bits per heavy atom. The number of alkyl halides is 1. The summed E-state index contributed by atoms with van der Waals surface area (Å²) in [5.74, 6) is -0.531. The van der Waals surface area contributed by atoms with Crippen LogP contribution in [0.2, 0.25) is 0 Å². The molecule has 5 heteroatoms. The van der Waals surface area contributed by atoms with Crippen LogP contribution in [-0.4, -0.2) is 18.0 Å². The molecule has 1 rings (SSSR count). The SMILES string of the molecule is CCCOC1=C(Cl)C(Cl)C(=O)O1. The van der Waals surface area contributed by atoms with Crippen molar-refractivity contribution in [2.24, 2.45) is 0 Å². The summed E-state index contributed by atoms with van der Waals surface area (Å²) in [6.45, 7) is 2.39. The minimum Gasteiger partial charge on any atom is -0.464 e. The summed E-state index contributed by atoms with van der Waals surface area (Å²) < 4.78 is 9.67. The summed E-state index contributed by atoms with van der Waals surface area (Å²) in [4.78, 5) is 10.8. The first-order valence-corrected chi connectivity index (χ1v) is 4.36. The van der Waals surface area contributed by atoms with E-state index in [1.165, 1.54) is 0 Å². The predicted octanol–water partition coefficient (Wildman–Crippen LogP) is 1.99. The molecule has 0 bridgehead atoms. The molecule has 0 fully saturated rings. The Morgan fingerprint density at radius 3 is 2.75 bits per heavy atom. The van der Waals surface area contributed by atoms with Crippen LogP contribution in [-0.2, 0) is 14.3 Å². The van der Waals surface area contributed by atoms with Crippen LogP contribution >= 0.6 is 23.2 Å². The number of hydrogen-bond donors (Lipinski definition) is 0. The number of cyclic esters (lactones) is 1. The largest absolute Gasteiger partial charge is 0.464 e. The zero-order valence-corrected chi connectivity index (χ0v) is 7.98. The van der Waals surface area contributed by atoms with Gasteiger partial charge in [0.05, 0.1) is 6.61 Å². The molecule has 12 heavy (non-hydrogen) atoms. The molecular weight excluding hydrogens is 203 g/mol. The summed E-state index contributed by atoms with van der Waals surface area (Å²) in [7, 11) is 0. The van der Waals surface area contributed by atoms with Gasteiger partial charge in [0.25, 0.3) is 0 Å². The van der Waals surface area contributed by atoms with Gasteiger partial charge in [-0.05, 0) is 6.42 Å². The van der Waals surface area contributed by atoms with Crippen LogP contribution in [0.4, 0.5) is 0 Å². The summed E-state index contributed by atoms with van der Waals surface area (Å²) in [6, 6.07) is 0. The number of halogens is 2. The van der Waals surface area contributed by atoms with Crippen LogP contribution in [0.25, 0.3) is 0 Å². The summed E-state index contributed by atoms with van der Waals surface area (Å²) in [6.07, 6.45) is 0.818. The van der Waals surface area contributed by atoms with Crippen molar-refractivity contribution in [2.75, 3.05) is 6.61 Å². The van der Waals surface area contributed by atoms with E-state index < -0.39 is 11.3 Å². The maximum Gasteiger partial charge on any atom is 0.337 e. The van der Waals surface area contributed by atoms with Crippen molar-refractivity contribution >= 4 is 29.2 Å². The average Bonchev–Trinajstić information content (AvgIpc) is 2.30. The highest BCUT2D eigenvalue weighted by Gasteiger charge is 2.34. The second kappa shape index (κ2) is 4.01. The van der Waals surface area contributed by atoms with Crippen molar-refractivity contribution in [3.8, 4) is 0 Å². The van der Waals surface area contributed by atoms with E-state index in [-0.39, 0.29) is 11.0 Å². The Morgan fingerprint density at radius 1 is 1.67 bits per heavy atom. The molecule has 0 radical (unpaired) electrons. The lowest BCUT2D eigenvalue weighted by Gasteiger charge is -2.02. The molecule has 0 aromatic rings. The van der Waals surface area contributed by atoms with E-state index in [2.05, 4.69) is 4.74 Å². The van der Waals surface area contributed by atoms with Crippen LogP contribution in [0.3, 0.4) is 0 Å². The van der Waals surface area contributed by atoms with Crippen molar-refractivity contribution in [2.45, 2.75) is 18.7 Å². The van der Waals surface area contributed by atoms with Gasteiger partial charge in [-0.2, -0.15) is 0 Å². The van der Waals surface area contributed by atoms with Crippen LogP contribution in [0, 0.1) is 0 Å². The van der Waals surface area contributed by atoms with E-state index >= 15 is 0 Å². The highest BCUT2D eigenvalue weighted by Crippen LogP contribution is 2.29. The number of carbonyl (C=O) groups excluding carboxylic acids is 1. The number of hydrogen-bond acceptors (Lipinski definition) is 3. The van der Waals surface area contributed by atoms with E-state index in [1.807, 2.05) is 6.92 Å². The second-order valence-electron chi connectivity index (χ2n) is 2.27. The number of esters is 1. The monoisotopic (exact) mass is 210 g/mol. The van der Waals surface area contributed by atoms with Gasteiger partial charge in [-0.25, -0.2) is 4.79 Å². The molecule has 0 amide bonds. The van der Waals surface area contributed by atoms with Gasteiger partial charge in [-0.3, -0.25) is 0 Å². The van der Waals surface area contributed by atoms with E-state index in [4.69, 9.17) is 27.9 Å². The van der Waals surface area contributed by atoms with Crippen molar-refractivity contribution in [1.29, 1.82) is 0 Å². The molecule has 68 valence electrons. The quantitative estimate of drug-likeness (QED) is 0.528. The van der Waals surface area contributed by atoms with Gasteiger partial charge in [0.1, 0.15) is 5.03 Å². The Balaban J connectivity index is 2.58. The second-order valence-corrected chi connectivity index (χ2v) is 3.11. The van der Waals surface area contributed by atoms with Crippen molar-refractivity contribution in [3.63, 3.8) is 0 Å². The predicted molar refractivity (Wildman–Crippen MR) is 44.9 cm³/mol. The van der Waals surface area contributed by atoms with Gasteiger partial charge in [0.2, 0.25) is 0 Å². The van der Waals surface area contributed by atoms with Crippen LogP contribution in [0.5, 0.6) is 0 Å². The van der Waals surface area contributed by atoms with Crippen molar-refractivity contribution in [3.05, 3.63) is 11.0 Å². The minimum absolute atomic E-state index is 0.0449. The molecule has 0 spiro atoms. The third-order valence-electron chi connectivity index (χ3n) is 1.26. The van der Waals surface area contributed by atoms with Crippen LogP contribution < -0.4 is 0 Å². The fraction of sp³-hybridized carbons (Fsp3) is 0.571. The standard InChI is InChI=1S/C7H8Cl2O3/c1-2-3-11-7-5(9)4(8)6(10)12-7/h4H,2-3H2,1H3. The Bertz CT molecular complexity index is 225. The molecule has 1 aliphatic rings. The molecule has 0 saturated heterocycles. The Labute approximate surface area is 80.2 Å². The smallest absolute Gasteiger partial charge is 0.337 e. The lowest BCUT2D eigenvalue weighted by atomic mass is 10.4. The van der Waals surface area contributed by atoms with E-state index in [9.17, 15) is 4.79 Å². The first-order chi connectivity index (χ1) is 5.66. The fourth-order valence-corrected chi connectivity index (χ4v) is 1.01. The highest BCUT2D eigenvalue weighted by atomic mass is 35.5. The fourth-order valence-electron chi connectivity index (χ4n) is 0.692. The summed E-state index contributed by atoms with van der Waals surface area (Å²) >= 11 is 11.2. The summed E-state index contributed by atoms with van der Waals surface area (Å²) in [5, 5.41) is -0.770. The first kappa shape index (κ1) is 9.68. The van der Waals surface area contributed by atoms with Gasteiger partial charge in [0.15, 0.2) is 5.38 Å².